The third-order valence-electron chi connectivity index (χ3n) is 3.10. The van der Waals surface area contributed by atoms with E-state index in [0.29, 0.717) is 12.6 Å². The van der Waals surface area contributed by atoms with Crippen molar-refractivity contribution in [3.8, 4) is 0 Å². The van der Waals surface area contributed by atoms with Crippen LogP contribution in [0.5, 0.6) is 0 Å². The maximum Gasteiger partial charge on any atom is 0.236 e. The predicted octanol–water partition coefficient (Wildman–Crippen LogP) is 1.89. The predicted molar refractivity (Wildman–Crippen MR) is 71.3 cm³/mol. The van der Waals surface area contributed by atoms with Crippen LogP contribution in [0.3, 0.4) is 0 Å². The fourth-order valence-electron chi connectivity index (χ4n) is 1.99. The van der Waals surface area contributed by atoms with Crippen LogP contribution in [0.2, 0.25) is 0 Å². The molecule has 1 saturated carbocycles. The van der Waals surface area contributed by atoms with Gasteiger partial charge in [-0.2, -0.15) is 11.3 Å². The quantitative estimate of drug-likeness (QED) is 0.752. The van der Waals surface area contributed by atoms with Gasteiger partial charge < -0.3 is 10.2 Å². The molecule has 1 aromatic rings. The lowest BCUT2D eigenvalue weighted by atomic mass is 10.2. The Labute approximate surface area is 107 Å². The molecule has 0 radical (unpaired) electrons. The van der Waals surface area contributed by atoms with Gasteiger partial charge in [0.15, 0.2) is 0 Å². The van der Waals surface area contributed by atoms with E-state index in [4.69, 9.17) is 0 Å². The first-order valence-electron chi connectivity index (χ1n) is 6.32. The minimum Gasteiger partial charge on any atom is -0.339 e. The van der Waals surface area contributed by atoms with Gasteiger partial charge in [-0.15, -0.1) is 0 Å². The molecule has 0 atom stereocenters. The molecule has 1 amide bonds. The number of nitrogens with zero attached hydrogens (tertiary/aromatic N) is 1. The van der Waals surface area contributed by atoms with Crippen LogP contribution in [0.25, 0.3) is 0 Å². The molecule has 17 heavy (non-hydrogen) atoms. The molecule has 2 rings (SSSR count). The Morgan fingerprint density at radius 3 is 3.00 bits per heavy atom. The number of rotatable bonds is 7. The summed E-state index contributed by atoms with van der Waals surface area (Å²) in [5.74, 6) is 0.250. The van der Waals surface area contributed by atoms with E-state index >= 15 is 0 Å². The minimum atomic E-state index is 0.250. The third-order valence-corrected chi connectivity index (χ3v) is 3.83. The van der Waals surface area contributed by atoms with Gasteiger partial charge in [0, 0.05) is 12.6 Å². The molecule has 3 nitrogen and oxygen atoms in total. The van der Waals surface area contributed by atoms with Gasteiger partial charge in [-0.3, -0.25) is 4.79 Å². The summed E-state index contributed by atoms with van der Waals surface area (Å²) in [6.07, 6.45) is 3.38. The molecule has 0 aliphatic heterocycles. The number of carbonyl (C=O) groups excluding carboxylic acids is 1. The molecule has 1 aromatic heterocycles. The van der Waals surface area contributed by atoms with E-state index in [1.807, 2.05) is 4.90 Å². The van der Waals surface area contributed by atoms with Crippen molar-refractivity contribution in [2.24, 2.45) is 0 Å². The molecule has 0 spiro atoms. The normalized spacial score (nSPS) is 14.9. The first-order chi connectivity index (χ1) is 8.31. The summed E-state index contributed by atoms with van der Waals surface area (Å²) in [7, 11) is 0. The van der Waals surface area contributed by atoms with E-state index in [0.717, 1.165) is 19.5 Å². The van der Waals surface area contributed by atoms with Crippen molar-refractivity contribution < 1.29 is 4.79 Å². The summed E-state index contributed by atoms with van der Waals surface area (Å²) in [5.41, 5.74) is 1.35. The lowest BCUT2D eigenvalue weighted by molar-refractivity contribution is -0.130. The van der Waals surface area contributed by atoms with E-state index in [1.54, 1.807) is 11.3 Å². The zero-order chi connectivity index (χ0) is 12.1. The van der Waals surface area contributed by atoms with E-state index in [2.05, 4.69) is 29.1 Å². The number of thiophene rings is 1. The Bertz CT molecular complexity index is 346. The minimum absolute atomic E-state index is 0.250. The SMILES string of the molecule is CCN(C(=O)CNCCc1ccsc1)C1CC1. The van der Waals surface area contributed by atoms with Crippen molar-refractivity contribution in [1.29, 1.82) is 0 Å². The van der Waals surface area contributed by atoms with Gasteiger partial charge in [0.2, 0.25) is 5.91 Å². The second-order valence-electron chi connectivity index (χ2n) is 4.47. The van der Waals surface area contributed by atoms with Crippen molar-refractivity contribution in [2.75, 3.05) is 19.6 Å². The number of likely N-dealkylation sites (N-methyl/N-ethyl adjacent to an activating group) is 1. The zero-order valence-corrected chi connectivity index (χ0v) is 11.1. The summed E-state index contributed by atoms with van der Waals surface area (Å²) in [6.45, 7) is 4.26. The molecule has 1 aliphatic rings. The molecule has 1 heterocycles. The zero-order valence-electron chi connectivity index (χ0n) is 10.3. The maximum absolute atomic E-state index is 11.9. The van der Waals surface area contributed by atoms with Crippen LogP contribution in [-0.2, 0) is 11.2 Å². The molecule has 1 aliphatic carbocycles. The largest absolute Gasteiger partial charge is 0.339 e. The number of amides is 1. The summed E-state index contributed by atoms with van der Waals surface area (Å²) in [4.78, 5) is 13.9. The first kappa shape index (κ1) is 12.6. The molecule has 0 unspecified atom stereocenters. The van der Waals surface area contributed by atoms with Gasteiger partial charge in [0.1, 0.15) is 0 Å². The number of hydrogen-bond donors (Lipinski definition) is 1. The van der Waals surface area contributed by atoms with Crippen LogP contribution in [0, 0.1) is 0 Å². The molecule has 0 bridgehead atoms. The number of nitrogens with one attached hydrogen (secondary N) is 1. The smallest absolute Gasteiger partial charge is 0.236 e. The monoisotopic (exact) mass is 252 g/mol. The van der Waals surface area contributed by atoms with Gasteiger partial charge in [-0.05, 0) is 55.1 Å². The van der Waals surface area contributed by atoms with E-state index in [9.17, 15) is 4.79 Å². The van der Waals surface area contributed by atoms with Gasteiger partial charge in [-0.25, -0.2) is 0 Å². The summed E-state index contributed by atoms with van der Waals surface area (Å²) >= 11 is 1.72. The van der Waals surface area contributed by atoms with Crippen molar-refractivity contribution in [2.45, 2.75) is 32.2 Å². The molecule has 94 valence electrons. The fraction of sp³-hybridized carbons (Fsp3) is 0.615. The average molecular weight is 252 g/mol. The Morgan fingerprint density at radius 1 is 1.59 bits per heavy atom. The highest BCUT2D eigenvalue weighted by atomic mass is 32.1. The van der Waals surface area contributed by atoms with Gasteiger partial charge in [0.25, 0.3) is 0 Å². The third kappa shape index (κ3) is 3.82. The summed E-state index contributed by atoms with van der Waals surface area (Å²) in [6, 6.07) is 2.67. The van der Waals surface area contributed by atoms with Crippen molar-refractivity contribution in [3.63, 3.8) is 0 Å². The summed E-state index contributed by atoms with van der Waals surface area (Å²) < 4.78 is 0. The molecular formula is C13H20N2OS. The highest BCUT2D eigenvalue weighted by Gasteiger charge is 2.30. The Balaban J connectivity index is 1.62. The molecule has 0 saturated heterocycles. The topological polar surface area (TPSA) is 32.3 Å². The van der Waals surface area contributed by atoms with Crippen LogP contribution < -0.4 is 5.32 Å². The highest BCUT2D eigenvalue weighted by molar-refractivity contribution is 7.07. The number of hydrogen-bond acceptors (Lipinski definition) is 3. The fourth-order valence-corrected chi connectivity index (χ4v) is 2.69. The second-order valence-corrected chi connectivity index (χ2v) is 5.25. The first-order valence-corrected chi connectivity index (χ1v) is 7.26. The lowest BCUT2D eigenvalue weighted by Crippen LogP contribution is -2.39. The van der Waals surface area contributed by atoms with E-state index in [1.165, 1.54) is 18.4 Å². The molecular weight excluding hydrogens is 232 g/mol. The van der Waals surface area contributed by atoms with Gasteiger partial charge in [0.05, 0.1) is 6.54 Å². The van der Waals surface area contributed by atoms with Gasteiger partial charge >= 0.3 is 0 Å². The van der Waals surface area contributed by atoms with Crippen molar-refractivity contribution in [1.82, 2.24) is 10.2 Å². The highest BCUT2D eigenvalue weighted by Crippen LogP contribution is 2.26. The van der Waals surface area contributed by atoms with Crippen LogP contribution >= 0.6 is 11.3 Å². The van der Waals surface area contributed by atoms with Gasteiger partial charge in [-0.1, -0.05) is 0 Å². The van der Waals surface area contributed by atoms with E-state index < -0.39 is 0 Å². The molecule has 1 N–H and O–H groups in total. The Hall–Kier alpha value is -0.870. The number of carbonyl (C=O) groups is 1. The molecule has 0 aromatic carbocycles. The van der Waals surface area contributed by atoms with Crippen molar-refractivity contribution >= 4 is 17.2 Å². The summed E-state index contributed by atoms with van der Waals surface area (Å²) in [5, 5.41) is 7.48. The van der Waals surface area contributed by atoms with Crippen LogP contribution in [0.15, 0.2) is 16.8 Å². The standard InChI is InChI=1S/C13H20N2OS/c1-2-15(12-3-4-12)13(16)9-14-7-5-11-6-8-17-10-11/h6,8,10,12,14H,2-5,7,9H2,1H3. The van der Waals surface area contributed by atoms with E-state index in [-0.39, 0.29) is 5.91 Å². The Morgan fingerprint density at radius 2 is 2.41 bits per heavy atom. The van der Waals surface area contributed by atoms with Crippen LogP contribution in [-0.4, -0.2) is 36.5 Å². The Kier molecular flexibility index (Phi) is 4.57. The van der Waals surface area contributed by atoms with Crippen LogP contribution in [0.1, 0.15) is 25.3 Å². The molecule has 4 heteroatoms. The maximum atomic E-state index is 11.9. The van der Waals surface area contributed by atoms with Crippen molar-refractivity contribution in [3.05, 3.63) is 22.4 Å². The van der Waals surface area contributed by atoms with Crippen LogP contribution in [0.4, 0.5) is 0 Å². The second kappa shape index (κ2) is 6.17. The average Bonchev–Trinajstić information content (AvgIpc) is 3.02. The lowest BCUT2D eigenvalue weighted by Gasteiger charge is -2.20. The molecule has 1 fully saturated rings.